The Balaban J connectivity index is 1.94. The van der Waals surface area contributed by atoms with Crippen molar-refractivity contribution in [3.05, 3.63) is 59.2 Å². The average molecular weight is 401 g/mol. The van der Waals surface area contributed by atoms with Crippen molar-refractivity contribution < 1.29 is 18.0 Å². The van der Waals surface area contributed by atoms with Crippen LogP contribution in [0.1, 0.15) is 48.2 Å². The van der Waals surface area contributed by atoms with Crippen LogP contribution < -0.4 is 9.62 Å². The quantitative estimate of drug-likeness (QED) is 0.848. The van der Waals surface area contributed by atoms with Gasteiger partial charge in [0.1, 0.15) is 0 Å². The lowest BCUT2D eigenvalue weighted by atomic mass is 9.98. The van der Waals surface area contributed by atoms with Crippen molar-refractivity contribution in [2.75, 3.05) is 15.4 Å². The van der Waals surface area contributed by atoms with Crippen LogP contribution in [0.3, 0.4) is 0 Å². The van der Waals surface area contributed by atoms with E-state index in [-0.39, 0.29) is 28.8 Å². The second kappa shape index (κ2) is 7.39. The van der Waals surface area contributed by atoms with Crippen LogP contribution in [0.5, 0.6) is 0 Å². The first-order valence-electron chi connectivity index (χ1n) is 9.19. The third-order valence-electron chi connectivity index (χ3n) is 4.87. The van der Waals surface area contributed by atoms with Crippen molar-refractivity contribution in [1.82, 2.24) is 0 Å². The van der Waals surface area contributed by atoms with Gasteiger partial charge in [0.25, 0.3) is 5.91 Å². The fourth-order valence-electron chi connectivity index (χ4n) is 3.39. The van der Waals surface area contributed by atoms with Gasteiger partial charge >= 0.3 is 0 Å². The van der Waals surface area contributed by atoms with Crippen LogP contribution in [0, 0.1) is 12.8 Å². The molecule has 2 aromatic rings. The van der Waals surface area contributed by atoms with Gasteiger partial charge in [-0.15, -0.1) is 0 Å². The fourth-order valence-corrected chi connectivity index (χ4v) is 5.20. The molecule has 0 saturated carbocycles. The number of carbonyl (C=O) groups excluding carboxylic acids is 2. The van der Waals surface area contributed by atoms with E-state index >= 15 is 0 Å². The minimum atomic E-state index is -3.71. The molecule has 0 spiro atoms. The molecule has 1 fully saturated rings. The number of aryl methyl sites for hydroxylation is 1. The van der Waals surface area contributed by atoms with E-state index in [9.17, 15) is 18.0 Å². The lowest BCUT2D eigenvalue weighted by molar-refractivity contribution is -0.119. The van der Waals surface area contributed by atoms with Crippen LogP contribution in [0.2, 0.25) is 0 Å². The second-order valence-corrected chi connectivity index (χ2v) is 9.34. The largest absolute Gasteiger partial charge is 0.321 e. The maximum absolute atomic E-state index is 12.9. The van der Waals surface area contributed by atoms with Crippen molar-refractivity contribution in [3.63, 3.8) is 0 Å². The van der Waals surface area contributed by atoms with Crippen LogP contribution in [-0.2, 0) is 14.8 Å². The van der Waals surface area contributed by atoms with Gasteiger partial charge in [-0.2, -0.15) is 0 Å². The Hall–Kier alpha value is -2.67. The van der Waals surface area contributed by atoms with Crippen molar-refractivity contribution >= 4 is 33.2 Å². The predicted molar refractivity (Wildman–Crippen MR) is 110 cm³/mol. The topological polar surface area (TPSA) is 83.6 Å². The Morgan fingerprint density at radius 1 is 1.18 bits per heavy atom. The van der Waals surface area contributed by atoms with Crippen LogP contribution in [0.4, 0.5) is 11.4 Å². The summed E-state index contributed by atoms with van der Waals surface area (Å²) in [7, 11) is -3.71. The predicted octanol–water partition coefficient (Wildman–Crippen LogP) is 3.68. The molecule has 0 aromatic heterocycles. The van der Waals surface area contributed by atoms with E-state index in [4.69, 9.17) is 0 Å². The maximum Gasteiger partial charge on any atom is 0.255 e. The summed E-state index contributed by atoms with van der Waals surface area (Å²) in [6.07, 6.45) is 0. The first-order chi connectivity index (χ1) is 13.1. The number of para-hydroxylation sites is 1. The van der Waals surface area contributed by atoms with Gasteiger partial charge in [-0.1, -0.05) is 45.0 Å². The van der Waals surface area contributed by atoms with Crippen LogP contribution in [-0.4, -0.2) is 26.0 Å². The summed E-state index contributed by atoms with van der Waals surface area (Å²) in [5.41, 5.74) is 3.21. The standard InChI is InChI=1S/C21H24N2O4S/c1-13(2)18-10-5-7-14(3)19(18)22-20(24)16-8-6-9-17(11-16)23-21(25)15(4)12-28(23,26)27/h5-11,13,15H,12H2,1-4H3,(H,22,24). The molecule has 0 bridgehead atoms. The van der Waals surface area contributed by atoms with Crippen molar-refractivity contribution in [2.45, 2.75) is 33.6 Å². The third kappa shape index (κ3) is 3.67. The van der Waals surface area contributed by atoms with Gasteiger partial charge in [-0.25, -0.2) is 12.7 Å². The molecule has 1 heterocycles. The molecule has 1 atom stereocenters. The van der Waals surface area contributed by atoms with Gasteiger partial charge in [-0.3, -0.25) is 9.59 Å². The Kier molecular flexibility index (Phi) is 5.30. The lowest BCUT2D eigenvalue weighted by Crippen LogP contribution is -2.30. The van der Waals surface area contributed by atoms with Crippen molar-refractivity contribution in [3.8, 4) is 0 Å². The average Bonchev–Trinajstić information content (AvgIpc) is 2.83. The van der Waals surface area contributed by atoms with E-state index in [0.29, 0.717) is 0 Å². The SMILES string of the molecule is Cc1cccc(C(C)C)c1NC(=O)c1cccc(N2C(=O)C(C)CS2(=O)=O)c1. The van der Waals surface area contributed by atoms with Crippen LogP contribution in [0.25, 0.3) is 0 Å². The summed E-state index contributed by atoms with van der Waals surface area (Å²) in [5.74, 6) is -1.41. The van der Waals surface area contributed by atoms with Gasteiger partial charge in [0.2, 0.25) is 15.9 Å². The van der Waals surface area contributed by atoms with Crippen molar-refractivity contribution in [1.29, 1.82) is 0 Å². The maximum atomic E-state index is 12.9. The summed E-state index contributed by atoms with van der Waals surface area (Å²) in [5, 5.41) is 2.94. The Labute approximate surface area is 165 Å². The fraction of sp³-hybridized carbons (Fsp3) is 0.333. The van der Waals surface area contributed by atoms with Gasteiger partial charge in [-0.05, 0) is 42.2 Å². The summed E-state index contributed by atoms with van der Waals surface area (Å²) >= 11 is 0. The van der Waals surface area contributed by atoms with E-state index in [0.717, 1.165) is 21.1 Å². The highest BCUT2D eigenvalue weighted by Gasteiger charge is 2.42. The molecule has 1 aliphatic heterocycles. The van der Waals surface area contributed by atoms with E-state index in [1.807, 2.05) is 25.1 Å². The van der Waals surface area contributed by atoms with E-state index < -0.39 is 21.8 Å². The summed E-state index contributed by atoms with van der Waals surface area (Å²) in [4.78, 5) is 25.2. The Morgan fingerprint density at radius 3 is 2.46 bits per heavy atom. The molecular formula is C21H24N2O4S. The van der Waals surface area contributed by atoms with Gasteiger partial charge in [0, 0.05) is 11.3 Å². The smallest absolute Gasteiger partial charge is 0.255 e. The highest BCUT2D eigenvalue weighted by Crippen LogP contribution is 2.30. The number of sulfonamides is 1. The Bertz CT molecular complexity index is 1040. The number of carbonyl (C=O) groups is 2. The van der Waals surface area contributed by atoms with Crippen LogP contribution >= 0.6 is 0 Å². The third-order valence-corrected chi connectivity index (χ3v) is 6.74. The molecule has 1 aliphatic rings. The number of nitrogens with one attached hydrogen (secondary N) is 1. The Morgan fingerprint density at radius 2 is 1.86 bits per heavy atom. The molecular weight excluding hydrogens is 376 g/mol. The molecule has 2 amide bonds. The number of hydrogen-bond acceptors (Lipinski definition) is 4. The summed E-state index contributed by atoms with van der Waals surface area (Å²) in [6, 6.07) is 12.0. The number of amides is 2. The highest BCUT2D eigenvalue weighted by molar-refractivity contribution is 7.94. The first-order valence-corrected chi connectivity index (χ1v) is 10.8. The molecule has 6 nitrogen and oxygen atoms in total. The minimum absolute atomic E-state index is 0.191. The summed E-state index contributed by atoms with van der Waals surface area (Å²) in [6.45, 7) is 7.61. The number of nitrogens with zero attached hydrogens (tertiary/aromatic N) is 1. The monoisotopic (exact) mass is 400 g/mol. The second-order valence-electron chi connectivity index (χ2n) is 7.48. The summed E-state index contributed by atoms with van der Waals surface area (Å²) < 4.78 is 25.5. The number of benzene rings is 2. The zero-order valence-electron chi connectivity index (χ0n) is 16.4. The number of hydrogen-bond donors (Lipinski definition) is 1. The minimum Gasteiger partial charge on any atom is -0.321 e. The molecule has 0 radical (unpaired) electrons. The van der Waals surface area contributed by atoms with Crippen LogP contribution in [0.15, 0.2) is 42.5 Å². The molecule has 148 valence electrons. The number of anilines is 2. The first kappa shape index (κ1) is 20.1. The van der Waals surface area contributed by atoms with E-state index in [1.165, 1.54) is 12.1 Å². The zero-order valence-corrected chi connectivity index (χ0v) is 17.2. The van der Waals surface area contributed by atoms with Crippen molar-refractivity contribution in [2.24, 2.45) is 5.92 Å². The zero-order chi connectivity index (χ0) is 20.6. The van der Waals surface area contributed by atoms with E-state index in [1.54, 1.807) is 19.1 Å². The lowest BCUT2D eigenvalue weighted by Gasteiger charge is -2.18. The molecule has 28 heavy (non-hydrogen) atoms. The highest BCUT2D eigenvalue weighted by atomic mass is 32.2. The van der Waals surface area contributed by atoms with E-state index in [2.05, 4.69) is 19.2 Å². The van der Waals surface area contributed by atoms with Gasteiger partial charge < -0.3 is 5.32 Å². The molecule has 3 rings (SSSR count). The molecule has 0 aliphatic carbocycles. The molecule has 1 unspecified atom stereocenters. The molecule has 7 heteroatoms. The number of rotatable bonds is 4. The van der Waals surface area contributed by atoms with Gasteiger partial charge in [0.05, 0.1) is 17.4 Å². The molecule has 1 N–H and O–H groups in total. The molecule has 2 aromatic carbocycles. The molecule has 1 saturated heterocycles. The normalized spacial score (nSPS) is 18.5. The van der Waals surface area contributed by atoms with Gasteiger partial charge in [0.15, 0.2) is 0 Å².